The number of nitrogens with two attached hydrogens (primary N) is 1. The first kappa shape index (κ1) is 13.4. The van der Waals surface area contributed by atoms with Crippen LogP contribution in [0.4, 0.5) is 5.69 Å². The number of hydrogen-bond donors (Lipinski definition) is 3. The van der Waals surface area contributed by atoms with Crippen LogP contribution in [-0.4, -0.2) is 17.6 Å². The Morgan fingerprint density at radius 1 is 1.47 bits per heavy atom. The zero-order valence-electron chi connectivity index (χ0n) is 10.6. The summed E-state index contributed by atoms with van der Waals surface area (Å²) in [6.45, 7) is 6.87. The van der Waals surface area contributed by atoms with Crippen LogP contribution in [0.3, 0.4) is 0 Å². The molecule has 0 fully saturated rings. The van der Waals surface area contributed by atoms with Gasteiger partial charge in [0.25, 0.3) is 5.91 Å². The van der Waals surface area contributed by atoms with Crippen LogP contribution in [0.25, 0.3) is 0 Å². The zero-order valence-corrected chi connectivity index (χ0v) is 10.6. The monoisotopic (exact) mass is 236 g/mol. The van der Waals surface area contributed by atoms with Crippen molar-refractivity contribution in [3.05, 3.63) is 23.8 Å². The maximum Gasteiger partial charge on any atom is 0.251 e. The lowest BCUT2D eigenvalue weighted by Crippen LogP contribution is -2.33. The Bertz CT molecular complexity index is 414. The first-order chi connectivity index (χ1) is 7.85. The Morgan fingerprint density at radius 3 is 2.65 bits per heavy atom. The van der Waals surface area contributed by atoms with Gasteiger partial charge in [0.05, 0.1) is 5.69 Å². The molecular weight excluding hydrogens is 216 g/mol. The summed E-state index contributed by atoms with van der Waals surface area (Å²) in [5, 5.41) is 12.3. The lowest BCUT2D eigenvalue weighted by molar-refractivity contribution is 0.0935. The van der Waals surface area contributed by atoms with Crippen LogP contribution in [0.5, 0.6) is 5.75 Å². The van der Waals surface area contributed by atoms with Crippen LogP contribution in [0.15, 0.2) is 18.2 Å². The molecule has 17 heavy (non-hydrogen) atoms. The fraction of sp³-hybridized carbons (Fsp3) is 0.462. The van der Waals surface area contributed by atoms with Crippen LogP contribution in [-0.2, 0) is 0 Å². The Morgan fingerprint density at radius 2 is 2.12 bits per heavy atom. The molecule has 4 heteroatoms. The second-order valence-electron chi connectivity index (χ2n) is 4.97. The van der Waals surface area contributed by atoms with Crippen molar-refractivity contribution in [2.75, 3.05) is 12.3 Å². The fourth-order valence-electron chi connectivity index (χ4n) is 1.23. The second-order valence-corrected chi connectivity index (χ2v) is 4.97. The average Bonchev–Trinajstić information content (AvgIpc) is 2.30. The summed E-state index contributed by atoms with van der Waals surface area (Å²) in [5.74, 6) is -0.255. The summed E-state index contributed by atoms with van der Waals surface area (Å²) < 4.78 is 0. The van der Waals surface area contributed by atoms with E-state index in [4.69, 9.17) is 5.73 Å². The number of benzene rings is 1. The van der Waals surface area contributed by atoms with Crippen molar-refractivity contribution < 1.29 is 9.90 Å². The summed E-state index contributed by atoms with van der Waals surface area (Å²) in [6.07, 6.45) is 0.986. The molecule has 0 heterocycles. The van der Waals surface area contributed by atoms with Crippen molar-refractivity contribution in [1.82, 2.24) is 5.32 Å². The molecular formula is C13H20N2O2. The lowest BCUT2D eigenvalue weighted by atomic mass is 9.90. The smallest absolute Gasteiger partial charge is 0.251 e. The van der Waals surface area contributed by atoms with Crippen molar-refractivity contribution >= 4 is 11.6 Å². The number of anilines is 1. The third-order valence-electron chi connectivity index (χ3n) is 2.98. The fourth-order valence-corrected chi connectivity index (χ4v) is 1.23. The third-order valence-corrected chi connectivity index (χ3v) is 2.98. The van der Waals surface area contributed by atoms with Crippen molar-refractivity contribution in [3.63, 3.8) is 0 Å². The lowest BCUT2D eigenvalue weighted by Gasteiger charge is -2.22. The van der Waals surface area contributed by atoms with E-state index in [-0.39, 0.29) is 22.8 Å². The minimum absolute atomic E-state index is 0.0626. The van der Waals surface area contributed by atoms with Gasteiger partial charge in [0.15, 0.2) is 0 Å². The zero-order chi connectivity index (χ0) is 13.1. The van der Waals surface area contributed by atoms with Gasteiger partial charge in [0.1, 0.15) is 5.75 Å². The Kier molecular flexibility index (Phi) is 3.99. The van der Waals surface area contributed by atoms with E-state index in [2.05, 4.69) is 26.1 Å². The van der Waals surface area contributed by atoms with E-state index in [0.29, 0.717) is 12.1 Å². The molecule has 4 nitrogen and oxygen atoms in total. The Labute approximate surface area is 102 Å². The molecule has 0 aliphatic rings. The van der Waals surface area contributed by atoms with Gasteiger partial charge in [0.2, 0.25) is 0 Å². The molecule has 1 aromatic carbocycles. The van der Waals surface area contributed by atoms with E-state index in [9.17, 15) is 9.90 Å². The number of nitrogens with one attached hydrogen (secondary N) is 1. The molecule has 0 aliphatic heterocycles. The number of hydrogen-bond acceptors (Lipinski definition) is 3. The predicted molar refractivity (Wildman–Crippen MR) is 68.9 cm³/mol. The molecule has 4 N–H and O–H groups in total. The third kappa shape index (κ3) is 3.66. The second kappa shape index (κ2) is 5.08. The Balaban J connectivity index is 2.68. The topological polar surface area (TPSA) is 75.4 Å². The highest BCUT2D eigenvalue weighted by Crippen LogP contribution is 2.21. The van der Waals surface area contributed by atoms with Gasteiger partial charge in [0, 0.05) is 12.1 Å². The van der Waals surface area contributed by atoms with E-state index in [1.807, 2.05) is 0 Å². The Hall–Kier alpha value is -1.71. The minimum Gasteiger partial charge on any atom is -0.506 e. The van der Waals surface area contributed by atoms with E-state index in [1.54, 1.807) is 6.07 Å². The predicted octanol–water partition coefficient (Wildman–Crippen LogP) is 2.14. The average molecular weight is 236 g/mol. The number of rotatable bonds is 4. The van der Waals surface area contributed by atoms with Gasteiger partial charge in [-0.05, 0) is 30.0 Å². The van der Waals surface area contributed by atoms with E-state index in [0.717, 1.165) is 6.42 Å². The molecule has 0 aromatic heterocycles. The first-order valence-electron chi connectivity index (χ1n) is 5.72. The standard InChI is InChI=1S/C13H20N2O2/c1-4-13(2,3)8-15-12(17)9-5-6-10(14)11(16)7-9/h5-7,16H,4,8,14H2,1-3H3,(H,15,17). The normalized spacial score (nSPS) is 11.2. The van der Waals surface area contributed by atoms with Crippen LogP contribution in [0.1, 0.15) is 37.6 Å². The first-order valence-corrected chi connectivity index (χ1v) is 5.72. The summed E-state index contributed by atoms with van der Waals surface area (Å²) >= 11 is 0. The highest BCUT2D eigenvalue weighted by atomic mass is 16.3. The highest BCUT2D eigenvalue weighted by Gasteiger charge is 2.17. The molecule has 0 bridgehead atoms. The summed E-state index contributed by atoms with van der Waals surface area (Å²) in [5.41, 5.74) is 6.24. The van der Waals surface area contributed by atoms with Crippen molar-refractivity contribution in [1.29, 1.82) is 0 Å². The number of amides is 1. The molecule has 0 atom stereocenters. The van der Waals surface area contributed by atoms with Gasteiger partial charge in [-0.15, -0.1) is 0 Å². The maximum absolute atomic E-state index is 11.8. The summed E-state index contributed by atoms with van der Waals surface area (Å²) in [6, 6.07) is 4.50. The molecule has 1 rings (SSSR count). The largest absolute Gasteiger partial charge is 0.506 e. The number of carbonyl (C=O) groups is 1. The number of aromatic hydroxyl groups is 1. The molecule has 1 aromatic rings. The molecule has 0 radical (unpaired) electrons. The number of nitrogen functional groups attached to an aromatic ring is 1. The van der Waals surface area contributed by atoms with Crippen LogP contribution < -0.4 is 11.1 Å². The van der Waals surface area contributed by atoms with Gasteiger partial charge < -0.3 is 16.2 Å². The van der Waals surface area contributed by atoms with Crippen molar-refractivity contribution in [3.8, 4) is 5.75 Å². The van der Waals surface area contributed by atoms with E-state index in [1.165, 1.54) is 12.1 Å². The van der Waals surface area contributed by atoms with Crippen LogP contribution in [0.2, 0.25) is 0 Å². The molecule has 0 saturated carbocycles. The summed E-state index contributed by atoms with van der Waals surface area (Å²) in [7, 11) is 0. The number of phenolic OH excluding ortho intramolecular Hbond substituents is 1. The molecule has 1 amide bonds. The van der Waals surface area contributed by atoms with Gasteiger partial charge in [-0.25, -0.2) is 0 Å². The SMILES string of the molecule is CCC(C)(C)CNC(=O)c1ccc(N)c(O)c1. The molecule has 0 unspecified atom stereocenters. The highest BCUT2D eigenvalue weighted by molar-refractivity contribution is 5.95. The maximum atomic E-state index is 11.8. The van der Waals surface area contributed by atoms with E-state index < -0.39 is 0 Å². The van der Waals surface area contributed by atoms with Gasteiger partial charge in [-0.3, -0.25) is 4.79 Å². The molecule has 0 saturated heterocycles. The number of phenols is 1. The molecule has 94 valence electrons. The van der Waals surface area contributed by atoms with Gasteiger partial charge in [-0.2, -0.15) is 0 Å². The quantitative estimate of drug-likeness (QED) is 0.554. The van der Waals surface area contributed by atoms with Crippen molar-refractivity contribution in [2.24, 2.45) is 5.41 Å². The summed E-state index contributed by atoms with van der Waals surface area (Å²) in [4.78, 5) is 11.8. The number of carbonyl (C=O) groups excluding carboxylic acids is 1. The van der Waals surface area contributed by atoms with Crippen LogP contribution >= 0.6 is 0 Å². The van der Waals surface area contributed by atoms with Crippen LogP contribution in [0, 0.1) is 5.41 Å². The molecule has 0 spiro atoms. The minimum atomic E-state index is -0.193. The van der Waals surface area contributed by atoms with E-state index >= 15 is 0 Å². The van der Waals surface area contributed by atoms with Gasteiger partial charge >= 0.3 is 0 Å². The molecule has 0 aliphatic carbocycles. The van der Waals surface area contributed by atoms with Gasteiger partial charge in [-0.1, -0.05) is 20.8 Å². The van der Waals surface area contributed by atoms with Crippen molar-refractivity contribution in [2.45, 2.75) is 27.2 Å².